The molecule has 0 saturated heterocycles. The molecule has 3 aromatic rings. The fourth-order valence-electron chi connectivity index (χ4n) is 2.63. The number of nitrogens with one attached hydrogen (secondary N) is 2. The molecule has 0 spiro atoms. The molecule has 0 aliphatic carbocycles. The van der Waals surface area contributed by atoms with E-state index in [1.54, 1.807) is 31.4 Å². The maximum Gasteiger partial charge on any atom is 0.257 e. The maximum absolute atomic E-state index is 12.5. The molecule has 0 bridgehead atoms. The first-order valence-electron chi connectivity index (χ1n) is 9.21. The molecule has 0 fully saturated rings. The number of aromatic nitrogens is 1. The van der Waals surface area contributed by atoms with Crippen molar-refractivity contribution in [3.63, 3.8) is 0 Å². The second kappa shape index (κ2) is 8.87. The van der Waals surface area contributed by atoms with Crippen LogP contribution in [-0.4, -0.2) is 23.9 Å². The summed E-state index contributed by atoms with van der Waals surface area (Å²) in [5.41, 5.74) is 2.95. The molecule has 0 aliphatic rings. The molecule has 6 nitrogen and oxygen atoms in total. The summed E-state index contributed by atoms with van der Waals surface area (Å²) >= 11 is 1.43. The first-order valence-corrected chi connectivity index (χ1v) is 10.0. The molecule has 2 aromatic carbocycles. The average molecular weight is 410 g/mol. The van der Waals surface area contributed by atoms with Gasteiger partial charge in [-0.1, -0.05) is 13.8 Å². The number of benzene rings is 2. The Morgan fingerprint density at radius 1 is 1.00 bits per heavy atom. The van der Waals surface area contributed by atoms with Gasteiger partial charge in [0, 0.05) is 27.6 Å². The Hall–Kier alpha value is -3.19. The van der Waals surface area contributed by atoms with Crippen molar-refractivity contribution < 1.29 is 14.3 Å². The smallest absolute Gasteiger partial charge is 0.257 e. The number of amides is 2. The highest BCUT2D eigenvalue weighted by Gasteiger charge is 2.14. The number of rotatable bonds is 6. The van der Waals surface area contributed by atoms with Crippen molar-refractivity contribution in [1.29, 1.82) is 0 Å². The minimum absolute atomic E-state index is 0.0634. The minimum Gasteiger partial charge on any atom is -0.497 e. The molecule has 0 atom stereocenters. The average Bonchev–Trinajstić information content (AvgIpc) is 3.08. The van der Waals surface area contributed by atoms with E-state index in [2.05, 4.69) is 15.6 Å². The fraction of sp³-hybridized carbons (Fsp3) is 0.227. The number of hydrogen-bond acceptors (Lipinski definition) is 5. The SMILES string of the molecule is COc1ccc(-c2nc(NC(=O)c3ccc(NC(=O)C(C)C)cc3)sc2C)cc1. The highest BCUT2D eigenvalue weighted by molar-refractivity contribution is 7.16. The van der Waals surface area contributed by atoms with Crippen LogP contribution >= 0.6 is 11.3 Å². The quantitative estimate of drug-likeness (QED) is 0.602. The molecule has 150 valence electrons. The maximum atomic E-state index is 12.5. The third-order valence-electron chi connectivity index (χ3n) is 4.32. The van der Waals surface area contributed by atoms with Gasteiger partial charge in [-0.3, -0.25) is 14.9 Å². The van der Waals surface area contributed by atoms with Crippen LogP contribution in [0.1, 0.15) is 29.1 Å². The normalized spacial score (nSPS) is 10.7. The molecule has 2 N–H and O–H groups in total. The zero-order valence-electron chi connectivity index (χ0n) is 16.8. The molecule has 1 aromatic heterocycles. The van der Waals surface area contributed by atoms with Crippen molar-refractivity contribution in [2.45, 2.75) is 20.8 Å². The van der Waals surface area contributed by atoms with Crippen molar-refractivity contribution in [1.82, 2.24) is 4.98 Å². The Labute approximate surface area is 173 Å². The second-order valence-corrected chi connectivity index (χ2v) is 8.03. The molecule has 0 aliphatic heterocycles. The van der Waals surface area contributed by atoms with Crippen molar-refractivity contribution in [3.8, 4) is 17.0 Å². The van der Waals surface area contributed by atoms with Crippen molar-refractivity contribution in [2.75, 3.05) is 17.7 Å². The Kier molecular flexibility index (Phi) is 6.29. The number of aryl methyl sites for hydroxylation is 1. The second-order valence-electron chi connectivity index (χ2n) is 6.83. The lowest BCUT2D eigenvalue weighted by Gasteiger charge is -2.08. The van der Waals surface area contributed by atoms with Gasteiger partial charge in [0.1, 0.15) is 5.75 Å². The standard InChI is InChI=1S/C22H23N3O3S/c1-13(2)20(26)23-17-9-5-16(6-10-17)21(27)25-22-24-19(14(3)29-22)15-7-11-18(28-4)12-8-15/h5-13H,1-4H3,(H,23,26)(H,24,25,27). The minimum atomic E-state index is -0.248. The molecule has 0 radical (unpaired) electrons. The highest BCUT2D eigenvalue weighted by Crippen LogP contribution is 2.31. The van der Waals surface area contributed by atoms with E-state index in [1.165, 1.54) is 11.3 Å². The molecule has 0 saturated carbocycles. The summed E-state index contributed by atoms with van der Waals surface area (Å²) in [5.74, 6) is 0.363. The summed E-state index contributed by atoms with van der Waals surface area (Å²) in [6.07, 6.45) is 0. The van der Waals surface area contributed by atoms with Crippen molar-refractivity contribution in [3.05, 3.63) is 59.0 Å². The van der Waals surface area contributed by atoms with E-state index in [0.717, 1.165) is 21.9 Å². The van der Waals surface area contributed by atoms with Crippen LogP contribution < -0.4 is 15.4 Å². The van der Waals surface area contributed by atoms with Gasteiger partial charge in [-0.05, 0) is 55.5 Å². The first kappa shape index (κ1) is 20.5. The predicted molar refractivity (Wildman–Crippen MR) is 117 cm³/mol. The number of thiazole rings is 1. The summed E-state index contributed by atoms with van der Waals surface area (Å²) in [5, 5.41) is 6.19. The summed E-state index contributed by atoms with van der Waals surface area (Å²) in [7, 11) is 1.63. The van der Waals surface area contributed by atoms with Crippen LogP contribution in [0.15, 0.2) is 48.5 Å². The van der Waals surface area contributed by atoms with Gasteiger partial charge in [-0.15, -0.1) is 11.3 Å². The van der Waals surface area contributed by atoms with Crippen LogP contribution in [0.25, 0.3) is 11.3 Å². The topological polar surface area (TPSA) is 80.3 Å². The number of hydrogen-bond donors (Lipinski definition) is 2. The van der Waals surface area contributed by atoms with Crippen LogP contribution in [0.2, 0.25) is 0 Å². The largest absolute Gasteiger partial charge is 0.497 e. The zero-order valence-corrected chi connectivity index (χ0v) is 17.6. The molecule has 3 rings (SSSR count). The Morgan fingerprint density at radius 2 is 1.66 bits per heavy atom. The van der Waals surface area contributed by atoms with E-state index in [-0.39, 0.29) is 17.7 Å². The molecular formula is C22H23N3O3S. The summed E-state index contributed by atoms with van der Waals surface area (Å²) in [6.45, 7) is 5.62. The van der Waals surface area contributed by atoms with E-state index >= 15 is 0 Å². The van der Waals surface area contributed by atoms with Crippen molar-refractivity contribution >= 4 is 34.0 Å². The van der Waals surface area contributed by atoms with Gasteiger partial charge in [0.2, 0.25) is 5.91 Å². The zero-order chi connectivity index (χ0) is 21.0. The number of methoxy groups -OCH3 is 1. The molecular weight excluding hydrogens is 386 g/mol. The molecule has 0 unspecified atom stereocenters. The van der Waals surface area contributed by atoms with E-state index < -0.39 is 0 Å². The van der Waals surface area contributed by atoms with Gasteiger partial charge in [0.25, 0.3) is 5.91 Å². The molecule has 2 amide bonds. The fourth-order valence-corrected chi connectivity index (χ4v) is 3.46. The monoisotopic (exact) mass is 409 g/mol. The molecule has 29 heavy (non-hydrogen) atoms. The van der Waals surface area contributed by atoms with Crippen LogP contribution in [0.3, 0.4) is 0 Å². The van der Waals surface area contributed by atoms with Gasteiger partial charge >= 0.3 is 0 Å². The van der Waals surface area contributed by atoms with Crippen LogP contribution in [0.4, 0.5) is 10.8 Å². The summed E-state index contributed by atoms with van der Waals surface area (Å²) in [4.78, 5) is 29.9. The van der Waals surface area contributed by atoms with E-state index in [1.807, 2.05) is 45.0 Å². The van der Waals surface area contributed by atoms with E-state index in [0.29, 0.717) is 16.4 Å². The third-order valence-corrected chi connectivity index (χ3v) is 5.21. The van der Waals surface area contributed by atoms with Gasteiger partial charge in [-0.2, -0.15) is 0 Å². The van der Waals surface area contributed by atoms with Gasteiger partial charge in [0.05, 0.1) is 12.8 Å². The van der Waals surface area contributed by atoms with Gasteiger partial charge < -0.3 is 10.1 Å². The Balaban J connectivity index is 1.70. The number of carbonyl (C=O) groups is 2. The van der Waals surface area contributed by atoms with Gasteiger partial charge in [0.15, 0.2) is 5.13 Å². The van der Waals surface area contributed by atoms with Crippen LogP contribution in [-0.2, 0) is 4.79 Å². The number of carbonyl (C=O) groups excluding carboxylic acids is 2. The lowest BCUT2D eigenvalue weighted by atomic mass is 10.1. The number of ether oxygens (including phenoxy) is 1. The summed E-state index contributed by atoms with van der Waals surface area (Å²) < 4.78 is 5.19. The van der Waals surface area contributed by atoms with Gasteiger partial charge in [-0.25, -0.2) is 4.98 Å². The molecule has 1 heterocycles. The van der Waals surface area contributed by atoms with E-state index in [9.17, 15) is 9.59 Å². The van der Waals surface area contributed by atoms with Crippen LogP contribution in [0.5, 0.6) is 5.75 Å². The first-order chi connectivity index (χ1) is 13.9. The lowest BCUT2D eigenvalue weighted by molar-refractivity contribution is -0.118. The van der Waals surface area contributed by atoms with Crippen molar-refractivity contribution in [2.24, 2.45) is 5.92 Å². The Morgan fingerprint density at radius 3 is 2.24 bits per heavy atom. The third kappa shape index (κ3) is 5.00. The molecule has 7 heteroatoms. The summed E-state index contributed by atoms with van der Waals surface area (Å²) in [6, 6.07) is 14.4. The lowest BCUT2D eigenvalue weighted by Crippen LogP contribution is -2.18. The highest BCUT2D eigenvalue weighted by atomic mass is 32.1. The number of nitrogens with zero attached hydrogens (tertiary/aromatic N) is 1. The predicted octanol–water partition coefficient (Wildman–Crippen LogP) is 4.97. The Bertz CT molecular complexity index is 1010. The van der Waals surface area contributed by atoms with Crippen LogP contribution in [0, 0.1) is 12.8 Å². The van der Waals surface area contributed by atoms with E-state index in [4.69, 9.17) is 4.74 Å². The number of anilines is 2.